The monoisotopic (exact) mass is 262 g/mol. The molecule has 4 heteroatoms. The van der Waals surface area contributed by atoms with E-state index in [-0.39, 0.29) is 11.7 Å². The van der Waals surface area contributed by atoms with E-state index in [4.69, 9.17) is 9.47 Å². The molecule has 0 saturated carbocycles. The second-order valence-corrected chi connectivity index (χ2v) is 5.65. The number of hydrogen-bond acceptors (Lipinski definition) is 4. The van der Waals surface area contributed by atoms with Crippen molar-refractivity contribution in [2.45, 2.75) is 44.5 Å². The van der Waals surface area contributed by atoms with Crippen LogP contribution in [0.15, 0.2) is 18.3 Å². The summed E-state index contributed by atoms with van der Waals surface area (Å²) in [5.74, 6) is 0. The highest BCUT2D eigenvalue weighted by molar-refractivity contribution is 5.16. The van der Waals surface area contributed by atoms with Gasteiger partial charge < -0.3 is 14.8 Å². The number of aromatic nitrogens is 1. The Morgan fingerprint density at radius 1 is 1.47 bits per heavy atom. The van der Waals surface area contributed by atoms with Crippen LogP contribution in [0.5, 0.6) is 0 Å². The molecule has 4 nitrogen and oxygen atoms in total. The first kappa shape index (κ1) is 13.0. The van der Waals surface area contributed by atoms with Gasteiger partial charge in [-0.05, 0) is 44.5 Å². The first-order chi connectivity index (χ1) is 9.27. The molecule has 2 aliphatic heterocycles. The summed E-state index contributed by atoms with van der Waals surface area (Å²) in [5, 5.41) is 3.39. The van der Waals surface area contributed by atoms with E-state index >= 15 is 0 Å². The van der Waals surface area contributed by atoms with Crippen molar-refractivity contribution in [2.75, 3.05) is 19.7 Å². The molecule has 0 aliphatic carbocycles. The van der Waals surface area contributed by atoms with Crippen molar-refractivity contribution in [3.8, 4) is 0 Å². The van der Waals surface area contributed by atoms with E-state index in [1.807, 2.05) is 12.3 Å². The van der Waals surface area contributed by atoms with Crippen molar-refractivity contribution in [2.24, 2.45) is 0 Å². The molecule has 1 unspecified atom stereocenters. The second-order valence-electron chi connectivity index (χ2n) is 5.65. The van der Waals surface area contributed by atoms with Crippen molar-refractivity contribution in [3.63, 3.8) is 0 Å². The van der Waals surface area contributed by atoms with E-state index in [2.05, 4.69) is 23.3 Å². The number of aryl methyl sites for hydroxylation is 1. The predicted octanol–water partition coefficient (Wildman–Crippen LogP) is 1.82. The molecule has 2 fully saturated rings. The van der Waals surface area contributed by atoms with Gasteiger partial charge in [-0.2, -0.15) is 0 Å². The number of pyridine rings is 1. The summed E-state index contributed by atoms with van der Waals surface area (Å²) in [7, 11) is 0. The molecule has 0 bridgehead atoms. The quantitative estimate of drug-likeness (QED) is 0.902. The van der Waals surface area contributed by atoms with Gasteiger partial charge in [0.2, 0.25) is 0 Å². The van der Waals surface area contributed by atoms with Gasteiger partial charge in [-0.15, -0.1) is 0 Å². The first-order valence-corrected chi connectivity index (χ1v) is 7.14. The lowest BCUT2D eigenvalue weighted by molar-refractivity contribution is -0.0242. The minimum Gasteiger partial charge on any atom is -0.372 e. The molecule has 1 spiro atoms. The highest BCUT2D eigenvalue weighted by Gasteiger charge is 2.41. The number of rotatable bonds is 3. The van der Waals surface area contributed by atoms with E-state index in [1.54, 1.807) is 0 Å². The van der Waals surface area contributed by atoms with Crippen LogP contribution in [0.4, 0.5) is 0 Å². The first-order valence-electron chi connectivity index (χ1n) is 7.14. The SMILES string of the molecule is Cc1cccnc1COC1COC2(CCNCC2)C1. The molecule has 1 N–H and O–H groups in total. The maximum Gasteiger partial charge on any atom is 0.0895 e. The van der Waals surface area contributed by atoms with E-state index < -0.39 is 0 Å². The van der Waals surface area contributed by atoms with Crippen LogP contribution in [0.1, 0.15) is 30.5 Å². The smallest absolute Gasteiger partial charge is 0.0895 e. The number of nitrogens with zero attached hydrogens (tertiary/aromatic N) is 1. The van der Waals surface area contributed by atoms with Gasteiger partial charge in [0.05, 0.1) is 30.6 Å². The van der Waals surface area contributed by atoms with Crippen LogP contribution in [0, 0.1) is 6.92 Å². The molecule has 0 radical (unpaired) electrons. The molecular formula is C15H22N2O2. The molecule has 1 aromatic heterocycles. The van der Waals surface area contributed by atoms with Gasteiger partial charge >= 0.3 is 0 Å². The van der Waals surface area contributed by atoms with Crippen molar-refractivity contribution >= 4 is 0 Å². The summed E-state index contributed by atoms with van der Waals surface area (Å²) in [6, 6.07) is 4.03. The van der Waals surface area contributed by atoms with E-state index in [0.29, 0.717) is 6.61 Å². The third-order valence-electron chi connectivity index (χ3n) is 4.26. The Morgan fingerprint density at radius 2 is 2.32 bits per heavy atom. The van der Waals surface area contributed by atoms with Crippen molar-refractivity contribution in [3.05, 3.63) is 29.6 Å². The molecule has 104 valence electrons. The molecule has 2 saturated heterocycles. The Labute approximate surface area is 114 Å². The van der Waals surface area contributed by atoms with Crippen LogP contribution in [0.3, 0.4) is 0 Å². The number of nitrogens with one attached hydrogen (secondary N) is 1. The van der Waals surface area contributed by atoms with Crippen molar-refractivity contribution in [1.82, 2.24) is 10.3 Å². The molecule has 3 heterocycles. The van der Waals surface area contributed by atoms with Crippen molar-refractivity contribution < 1.29 is 9.47 Å². The maximum atomic E-state index is 6.03. The fourth-order valence-electron chi connectivity index (χ4n) is 3.01. The summed E-state index contributed by atoms with van der Waals surface area (Å²) in [6.45, 7) is 5.52. The zero-order valence-corrected chi connectivity index (χ0v) is 11.5. The zero-order chi connectivity index (χ0) is 13.1. The topological polar surface area (TPSA) is 43.4 Å². The zero-order valence-electron chi connectivity index (χ0n) is 11.5. The highest BCUT2D eigenvalue weighted by atomic mass is 16.6. The normalized spacial score (nSPS) is 25.8. The van der Waals surface area contributed by atoms with Gasteiger partial charge in [0.1, 0.15) is 0 Å². The van der Waals surface area contributed by atoms with Gasteiger partial charge in [-0.3, -0.25) is 4.98 Å². The summed E-state index contributed by atoms with van der Waals surface area (Å²) >= 11 is 0. The van der Waals surface area contributed by atoms with Crippen LogP contribution >= 0.6 is 0 Å². The molecule has 3 rings (SSSR count). The Hall–Kier alpha value is -0.970. The molecule has 19 heavy (non-hydrogen) atoms. The molecule has 2 aliphatic rings. The van der Waals surface area contributed by atoms with E-state index in [9.17, 15) is 0 Å². The average molecular weight is 262 g/mol. The lowest BCUT2D eigenvalue weighted by Crippen LogP contribution is -2.41. The molecular weight excluding hydrogens is 240 g/mol. The lowest BCUT2D eigenvalue weighted by atomic mass is 9.89. The third kappa shape index (κ3) is 2.96. The fraction of sp³-hybridized carbons (Fsp3) is 0.667. The molecule has 1 aromatic rings. The van der Waals surface area contributed by atoms with Crippen molar-refractivity contribution in [1.29, 1.82) is 0 Å². The Morgan fingerprint density at radius 3 is 3.11 bits per heavy atom. The summed E-state index contributed by atoms with van der Waals surface area (Å²) < 4.78 is 12.0. The number of ether oxygens (including phenoxy) is 2. The molecule has 1 atom stereocenters. The Kier molecular flexibility index (Phi) is 3.82. The van der Waals surface area contributed by atoms with E-state index in [0.717, 1.165) is 44.7 Å². The van der Waals surface area contributed by atoms with Crippen LogP contribution < -0.4 is 5.32 Å². The lowest BCUT2D eigenvalue weighted by Gasteiger charge is -2.32. The average Bonchev–Trinajstić information content (AvgIpc) is 2.82. The number of piperidine rings is 1. The molecule has 0 aromatic carbocycles. The van der Waals surface area contributed by atoms with Gasteiger partial charge in [0, 0.05) is 12.6 Å². The second kappa shape index (κ2) is 5.57. The minimum atomic E-state index is 0.0785. The summed E-state index contributed by atoms with van der Waals surface area (Å²) in [5.41, 5.74) is 2.31. The standard InChI is InChI=1S/C15H22N2O2/c1-12-3-2-6-17-14(12)11-18-13-9-15(19-10-13)4-7-16-8-5-15/h2-3,6,13,16H,4-5,7-11H2,1H3. The van der Waals surface area contributed by atoms with Crippen LogP contribution in [0.2, 0.25) is 0 Å². The van der Waals surface area contributed by atoms with Crippen LogP contribution in [-0.2, 0) is 16.1 Å². The predicted molar refractivity (Wildman–Crippen MR) is 73.0 cm³/mol. The van der Waals surface area contributed by atoms with Gasteiger partial charge in [0.25, 0.3) is 0 Å². The Balaban J connectivity index is 1.53. The van der Waals surface area contributed by atoms with Gasteiger partial charge in [-0.25, -0.2) is 0 Å². The summed E-state index contributed by atoms with van der Waals surface area (Å²) in [4.78, 5) is 4.37. The fourth-order valence-corrected chi connectivity index (χ4v) is 3.01. The number of hydrogen-bond donors (Lipinski definition) is 1. The largest absolute Gasteiger partial charge is 0.372 e. The van der Waals surface area contributed by atoms with Gasteiger partial charge in [-0.1, -0.05) is 6.07 Å². The highest BCUT2D eigenvalue weighted by Crippen LogP contribution is 2.35. The summed E-state index contributed by atoms with van der Waals surface area (Å²) in [6.07, 6.45) is 5.29. The minimum absolute atomic E-state index is 0.0785. The maximum absolute atomic E-state index is 6.03. The molecule has 0 amide bonds. The van der Waals surface area contributed by atoms with Crippen LogP contribution in [0.25, 0.3) is 0 Å². The third-order valence-corrected chi connectivity index (χ3v) is 4.26. The Bertz CT molecular complexity index is 430. The van der Waals surface area contributed by atoms with Gasteiger partial charge in [0.15, 0.2) is 0 Å². The van der Waals surface area contributed by atoms with E-state index in [1.165, 1.54) is 5.56 Å². The van der Waals surface area contributed by atoms with Crippen LogP contribution in [-0.4, -0.2) is 36.4 Å².